The summed E-state index contributed by atoms with van der Waals surface area (Å²) in [6.45, 7) is 6.59. The van der Waals surface area contributed by atoms with Crippen LogP contribution in [0.3, 0.4) is 0 Å². The smallest absolute Gasteiger partial charge is 0.410 e. The molecular formula is C13H19N3O3. The molecule has 1 aromatic heterocycles. The Labute approximate surface area is 112 Å². The van der Waals surface area contributed by atoms with E-state index in [1.54, 1.807) is 23.2 Å². The first kappa shape index (κ1) is 13.5. The van der Waals surface area contributed by atoms with Crippen LogP contribution in [0, 0.1) is 0 Å². The molecule has 0 aliphatic carbocycles. The van der Waals surface area contributed by atoms with Gasteiger partial charge >= 0.3 is 6.09 Å². The monoisotopic (exact) mass is 265 g/mol. The van der Waals surface area contributed by atoms with Gasteiger partial charge < -0.3 is 20.1 Å². The van der Waals surface area contributed by atoms with Crippen LogP contribution in [0.2, 0.25) is 0 Å². The molecule has 0 radical (unpaired) electrons. The Morgan fingerprint density at radius 1 is 1.42 bits per heavy atom. The second kappa shape index (κ2) is 4.95. The van der Waals surface area contributed by atoms with Gasteiger partial charge in [0.05, 0.1) is 19.3 Å². The van der Waals surface area contributed by atoms with E-state index in [9.17, 15) is 4.79 Å². The number of carbonyl (C=O) groups is 1. The maximum atomic E-state index is 11.7. The zero-order valence-corrected chi connectivity index (χ0v) is 11.4. The normalized spacial score (nSPS) is 15.8. The van der Waals surface area contributed by atoms with E-state index < -0.39 is 5.60 Å². The minimum Gasteiger partial charge on any atom is -0.485 e. The molecule has 2 N–H and O–H groups in total. The summed E-state index contributed by atoms with van der Waals surface area (Å²) in [6, 6.07) is 3.44. The van der Waals surface area contributed by atoms with Gasteiger partial charge in [-0.25, -0.2) is 9.78 Å². The highest BCUT2D eigenvalue weighted by Crippen LogP contribution is 2.20. The molecule has 1 aromatic rings. The number of likely N-dealkylation sites (tertiary alicyclic amines) is 1. The second-order valence-corrected chi connectivity index (χ2v) is 5.54. The number of amides is 1. The summed E-state index contributed by atoms with van der Waals surface area (Å²) in [4.78, 5) is 17.3. The lowest BCUT2D eigenvalue weighted by Gasteiger charge is -2.39. The molecule has 0 atom stereocenters. The van der Waals surface area contributed by atoms with Gasteiger partial charge in [0, 0.05) is 0 Å². The molecule has 19 heavy (non-hydrogen) atoms. The van der Waals surface area contributed by atoms with E-state index in [0.717, 1.165) is 0 Å². The summed E-state index contributed by atoms with van der Waals surface area (Å²) < 4.78 is 10.9. The summed E-state index contributed by atoms with van der Waals surface area (Å²) in [5.41, 5.74) is 5.02. The number of rotatable bonds is 2. The highest BCUT2D eigenvalue weighted by molar-refractivity contribution is 5.69. The molecule has 0 spiro atoms. The molecule has 1 aliphatic rings. The number of nitrogens with two attached hydrogens (primary N) is 1. The topological polar surface area (TPSA) is 77.7 Å². The van der Waals surface area contributed by atoms with Gasteiger partial charge in [-0.05, 0) is 32.9 Å². The Morgan fingerprint density at radius 2 is 2.11 bits per heavy atom. The number of aromatic nitrogens is 1. The van der Waals surface area contributed by atoms with E-state index in [0.29, 0.717) is 24.7 Å². The van der Waals surface area contributed by atoms with E-state index in [2.05, 4.69) is 4.98 Å². The maximum Gasteiger partial charge on any atom is 0.410 e. The Balaban J connectivity index is 1.77. The van der Waals surface area contributed by atoms with Crippen LogP contribution in [0.1, 0.15) is 20.8 Å². The van der Waals surface area contributed by atoms with E-state index in [1.807, 2.05) is 20.8 Å². The Bertz CT molecular complexity index is 447. The van der Waals surface area contributed by atoms with Crippen LogP contribution in [0.4, 0.5) is 10.6 Å². The number of hydrogen-bond acceptors (Lipinski definition) is 5. The molecule has 6 nitrogen and oxygen atoms in total. The van der Waals surface area contributed by atoms with Crippen molar-refractivity contribution in [3.05, 3.63) is 18.3 Å². The van der Waals surface area contributed by atoms with Gasteiger partial charge in [-0.1, -0.05) is 0 Å². The lowest BCUT2D eigenvalue weighted by Crippen LogP contribution is -2.57. The molecule has 1 fully saturated rings. The zero-order chi connectivity index (χ0) is 14.0. The molecule has 0 unspecified atom stereocenters. The summed E-state index contributed by atoms with van der Waals surface area (Å²) in [5, 5.41) is 0. The largest absolute Gasteiger partial charge is 0.485 e. The highest BCUT2D eigenvalue weighted by atomic mass is 16.6. The minimum absolute atomic E-state index is 0.0158. The number of carbonyl (C=O) groups excluding carboxylic acids is 1. The molecule has 2 rings (SSSR count). The Hall–Kier alpha value is -1.98. The van der Waals surface area contributed by atoms with Crippen molar-refractivity contribution in [1.82, 2.24) is 9.88 Å². The van der Waals surface area contributed by atoms with E-state index in [1.165, 1.54) is 0 Å². The van der Waals surface area contributed by atoms with Crippen LogP contribution in [0.5, 0.6) is 5.75 Å². The van der Waals surface area contributed by atoms with Crippen molar-refractivity contribution in [3.63, 3.8) is 0 Å². The first-order chi connectivity index (χ1) is 8.83. The number of pyridine rings is 1. The average molecular weight is 265 g/mol. The predicted molar refractivity (Wildman–Crippen MR) is 70.9 cm³/mol. The van der Waals surface area contributed by atoms with Crippen LogP contribution >= 0.6 is 0 Å². The van der Waals surface area contributed by atoms with Gasteiger partial charge in [0.15, 0.2) is 0 Å². The van der Waals surface area contributed by atoms with Crippen LogP contribution in [-0.4, -0.2) is 40.8 Å². The molecule has 0 aromatic carbocycles. The number of nitrogens with zero attached hydrogens (tertiary/aromatic N) is 2. The van der Waals surface area contributed by atoms with Gasteiger partial charge in [0.2, 0.25) is 0 Å². The van der Waals surface area contributed by atoms with Gasteiger partial charge in [0.1, 0.15) is 23.3 Å². The maximum absolute atomic E-state index is 11.7. The SMILES string of the molecule is CC(C)(C)OC(=O)N1CC(Oc2ccc(N)nc2)C1. The van der Waals surface area contributed by atoms with Crippen molar-refractivity contribution in [2.45, 2.75) is 32.5 Å². The lowest BCUT2D eigenvalue weighted by atomic mass is 10.1. The van der Waals surface area contributed by atoms with Gasteiger partial charge in [-0.3, -0.25) is 0 Å². The van der Waals surface area contributed by atoms with Crippen molar-refractivity contribution < 1.29 is 14.3 Å². The summed E-state index contributed by atoms with van der Waals surface area (Å²) in [5.74, 6) is 1.11. The summed E-state index contributed by atoms with van der Waals surface area (Å²) in [7, 11) is 0. The molecule has 0 bridgehead atoms. The fraction of sp³-hybridized carbons (Fsp3) is 0.538. The first-order valence-electron chi connectivity index (χ1n) is 6.19. The van der Waals surface area contributed by atoms with Crippen LogP contribution < -0.4 is 10.5 Å². The van der Waals surface area contributed by atoms with Crippen molar-refractivity contribution in [1.29, 1.82) is 0 Å². The lowest BCUT2D eigenvalue weighted by molar-refractivity contribution is -0.0222. The van der Waals surface area contributed by atoms with Crippen molar-refractivity contribution in [3.8, 4) is 5.75 Å². The van der Waals surface area contributed by atoms with Crippen molar-refractivity contribution in [2.75, 3.05) is 18.8 Å². The molecule has 2 heterocycles. The van der Waals surface area contributed by atoms with E-state index in [4.69, 9.17) is 15.2 Å². The molecule has 1 saturated heterocycles. The Morgan fingerprint density at radius 3 is 2.63 bits per heavy atom. The number of anilines is 1. The van der Waals surface area contributed by atoms with Gasteiger partial charge in [0.25, 0.3) is 0 Å². The van der Waals surface area contributed by atoms with E-state index >= 15 is 0 Å². The van der Waals surface area contributed by atoms with Crippen LogP contribution in [0.25, 0.3) is 0 Å². The Kier molecular flexibility index (Phi) is 3.50. The summed E-state index contributed by atoms with van der Waals surface area (Å²) >= 11 is 0. The molecule has 104 valence electrons. The summed E-state index contributed by atoms with van der Waals surface area (Å²) in [6.07, 6.45) is 1.26. The fourth-order valence-corrected chi connectivity index (χ4v) is 1.64. The van der Waals surface area contributed by atoms with Crippen molar-refractivity contribution in [2.24, 2.45) is 0 Å². The van der Waals surface area contributed by atoms with Gasteiger partial charge in [-0.2, -0.15) is 0 Å². The average Bonchev–Trinajstić information content (AvgIpc) is 2.22. The number of ether oxygens (including phenoxy) is 2. The fourth-order valence-electron chi connectivity index (χ4n) is 1.64. The molecule has 0 saturated carbocycles. The molecule has 6 heteroatoms. The predicted octanol–water partition coefficient (Wildman–Crippen LogP) is 1.66. The second-order valence-electron chi connectivity index (χ2n) is 5.54. The van der Waals surface area contributed by atoms with Crippen molar-refractivity contribution >= 4 is 11.9 Å². The molecular weight excluding hydrogens is 246 g/mol. The first-order valence-corrected chi connectivity index (χ1v) is 6.19. The standard InChI is InChI=1S/C13H19N3O3/c1-13(2,3)19-12(17)16-7-10(8-16)18-9-4-5-11(14)15-6-9/h4-6,10H,7-8H2,1-3H3,(H2,14,15). The third-order valence-corrected chi connectivity index (χ3v) is 2.56. The van der Waals surface area contributed by atoms with Gasteiger partial charge in [-0.15, -0.1) is 0 Å². The zero-order valence-electron chi connectivity index (χ0n) is 11.4. The minimum atomic E-state index is -0.468. The van der Waals surface area contributed by atoms with Crippen LogP contribution in [-0.2, 0) is 4.74 Å². The van der Waals surface area contributed by atoms with E-state index in [-0.39, 0.29) is 12.2 Å². The highest BCUT2D eigenvalue weighted by Gasteiger charge is 2.35. The van der Waals surface area contributed by atoms with Crippen LogP contribution in [0.15, 0.2) is 18.3 Å². The number of nitrogen functional groups attached to an aromatic ring is 1. The molecule has 1 amide bonds. The third kappa shape index (κ3) is 3.74. The molecule has 1 aliphatic heterocycles. The quantitative estimate of drug-likeness (QED) is 0.880. The third-order valence-electron chi connectivity index (χ3n) is 2.56. The number of hydrogen-bond donors (Lipinski definition) is 1.